The number of rotatable bonds is 7. The molecule has 0 saturated carbocycles. The van der Waals surface area contributed by atoms with Crippen LogP contribution in [0.25, 0.3) is 22.0 Å². The normalized spacial score (nSPS) is 11.5. The first-order chi connectivity index (χ1) is 16.9. The fourth-order valence-corrected chi connectivity index (χ4v) is 5.50. The molecule has 0 atom stereocenters. The molecule has 3 aromatic carbocycles. The summed E-state index contributed by atoms with van der Waals surface area (Å²) in [5, 5.41) is 22.9. The average molecular weight is 503 g/mol. The summed E-state index contributed by atoms with van der Waals surface area (Å²) < 4.78 is 27.9. The first-order valence-electron chi connectivity index (χ1n) is 11.0. The number of hydrogen-bond donors (Lipinski definition) is 2. The Morgan fingerprint density at radius 3 is 2.23 bits per heavy atom. The minimum atomic E-state index is -3.77. The highest BCUT2D eigenvalue weighted by molar-refractivity contribution is 7.93. The highest BCUT2D eigenvalue weighted by Gasteiger charge is 2.17. The lowest BCUT2D eigenvalue weighted by Crippen LogP contribution is -2.12. The van der Waals surface area contributed by atoms with Crippen LogP contribution in [0.2, 0.25) is 0 Å². The number of sulfonamides is 1. The largest absolute Gasteiger partial charge is 0.338 e. The fourth-order valence-electron chi connectivity index (χ4n) is 3.59. The Labute approximate surface area is 207 Å². The highest BCUT2D eigenvalue weighted by Crippen LogP contribution is 2.31. The van der Waals surface area contributed by atoms with Crippen molar-refractivity contribution in [3.8, 4) is 11.3 Å². The minimum Gasteiger partial charge on any atom is -0.338 e. The maximum Gasteiger partial charge on any atom is 0.263 e. The van der Waals surface area contributed by atoms with Crippen LogP contribution in [0.3, 0.4) is 0 Å². The molecule has 0 bridgehead atoms. The Kier molecular flexibility index (Phi) is 6.14. The first kappa shape index (κ1) is 22.9. The molecule has 0 aliphatic heterocycles. The van der Waals surface area contributed by atoms with E-state index in [1.807, 2.05) is 50.2 Å². The molecule has 0 fully saturated rings. The van der Waals surface area contributed by atoms with Crippen LogP contribution in [-0.4, -0.2) is 28.8 Å². The number of aromatic nitrogens is 4. The van der Waals surface area contributed by atoms with Gasteiger partial charge in [0.25, 0.3) is 10.0 Å². The molecule has 2 aromatic heterocycles. The summed E-state index contributed by atoms with van der Waals surface area (Å²) in [5.41, 5.74) is 3.67. The highest BCUT2D eigenvalue weighted by atomic mass is 32.2. The molecule has 0 amide bonds. The lowest BCUT2D eigenvalue weighted by molar-refractivity contribution is 0.601. The lowest BCUT2D eigenvalue weighted by atomic mass is 10.0. The molecule has 0 saturated heterocycles. The van der Waals surface area contributed by atoms with E-state index in [2.05, 4.69) is 42.6 Å². The minimum absolute atomic E-state index is 0.127. The zero-order valence-electron chi connectivity index (χ0n) is 19.1. The van der Waals surface area contributed by atoms with Crippen molar-refractivity contribution in [2.24, 2.45) is 0 Å². The van der Waals surface area contributed by atoms with Gasteiger partial charge in [-0.15, -0.1) is 20.4 Å². The van der Waals surface area contributed by atoms with E-state index in [0.29, 0.717) is 17.9 Å². The number of hydrogen-bond acceptors (Lipinski definition) is 8. The summed E-state index contributed by atoms with van der Waals surface area (Å²) in [5.74, 6) is 0.589. The molecule has 176 valence electrons. The topological polar surface area (TPSA) is 110 Å². The smallest absolute Gasteiger partial charge is 0.263 e. The zero-order valence-corrected chi connectivity index (χ0v) is 20.7. The third-order valence-electron chi connectivity index (χ3n) is 5.43. The van der Waals surface area contributed by atoms with Gasteiger partial charge in [0, 0.05) is 22.0 Å². The van der Waals surface area contributed by atoms with Crippen molar-refractivity contribution in [3.63, 3.8) is 0 Å². The Morgan fingerprint density at radius 1 is 0.829 bits per heavy atom. The predicted molar refractivity (Wildman–Crippen MR) is 140 cm³/mol. The molecule has 0 radical (unpaired) electrons. The van der Waals surface area contributed by atoms with Gasteiger partial charge in [0.15, 0.2) is 5.82 Å². The number of nitrogens with one attached hydrogen (secondary N) is 2. The Balaban J connectivity index is 1.40. The molecule has 0 unspecified atom stereocenters. The van der Waals surface area contributed by atoms with Crippen molar-refractivity contribution in [2.45, 2.75) is 25.2 Å². The summed E-state index contributed by atoms with van der Waals surface area (Å²) in [6, 6.07) is 22.5. The van der Waals surface area contributed by atoms with Crippen molar-refractivity contribution < 1.29 is 8.42 Å². The van der Waals surface area contributed by atoms with Crippen molar-refractivity contribution in [2.75, 3.05) is 10.0 Å². The monoisotopic (exact) mass is 502 g/mol. The molecule has 0 spiro atoms. The summed E-state index contributed by atoms with van der Waals surface area (Å²) in [6.45, 7) is 3.99. The van der Waals surface area contributed by atoms with Gasteiger partial charge in [-0.1, -0.05) is 72.4 Å². The van der Waals surface area contributed by atoms with E-state index in [9.17, 15) is 8.42 Å². The Bertz CT molecular complexity index is 1600. The van der Waals surface area contributed by atoms with Crippen molar-refractivity contribution in [3.05, 3.63) is 83.4 Å². The molecule has 8 nitrogen and oxygen atoms in total. The SMILES string of the molecule is CCc1nnc(NS(=O)(=O)c2ccc(Nc3nnc(-c4ccc(C)cc4)c4ccccc34)cc2)s1. The van der Waals surface area contributed by atoms with E-state index in [4.69, 9.17) is 0 Å². The van der Waals surface area contributed by atoms with Crippen LogP contribution >= 0.6 is 11.3 Å². The lowest BCUT2D eigenvalue weighted by Gasteiger charge is -2.12. The van der Waals surface area contributed by atoms with Gasteiger partial charge in [-0.05, 0) is 37.6 Å². The van der Waals surface area contributed by atoms with Crippen LogP contribution in [0.5, 0.6) is 0 Å². The number of anilines is 3. The Morgan fingerprint density at radius 2 is 1.54 bits per heavy atom. The van der Waals surface area contributed by atoms with Crippen LogP contribution < -0.4 is 10.0 Å². The van der Waals surface area contributed by atoms with Gasteiger partial charge in [0.1, 0.15) is 10.7 Å². The average Bonchev–Trinajstić information content (AvgIpc) is 3.32. The second kappa shape index (κ2) is 9.40. The van der Waals surface area contributed by atoms with Gasteiger partial charge in [-0.25, -0.2) is 8.42 Å². The summed E-state index contributed by atoms with van der Waals surface area (Å²) >= 11 is 1.22. The van der Waals surface area contributed by atoms with Crippen molar-refractivity contribution >= 4 is 48.8 Å². The summed E-state index contributed by atoms with van der Waals surface area (Å²) in [7, 11) is -3.77. The molecule has 2 N–H and O–H groups in total. The van der Waals surface area contributed by atoms with E-state index >= 15 is 0 Å². The molecular formula is C25H22N6O2S2. The number of benzene rings is 3. The molecule has 2 heterocycles. The van der Waals surface area contributed by atoms with E-state index in [1.54, 1.807) is 12.1 Å². The van der Waals surface area contributed by atoms with Gasteiger partial charge in [0.05, 0.1) is 4.90 Å². The third kappa shape index (κ3) is 4.84. The fraction of sp³-hybridized carbons (Fsp3) is 0.120. The molecular weight excluding hydrogens is 480 g/mol. The van der Waals surface area contributed by atoms with Crippen LogP contribution in [0.1, 0.15) is 17.5 Å². The second-order valence-corrected chi connectivity index (χ2v) is 10.7. The number of nitrogens with zero attached hydrogens (tertiary/aromatic N) is 4. The first-order valence-corrected chi connectivity index (χ1v) is 13.3. The summed E-state index contributed by atoms with van der Waals surface area (Å²) in [6.07, 6.45) is 0.698. The van der Waals surface area contributed by atoms with Crippen molar-refractivity contribution in [1.82, 2.24) is 20.4 Å². The quantitative estimate of drug-likeness (QED) is 0.300. The Hall–Kier alpha value is -3.89. The number of fused-ring (bicyclic) bond motifs is 1. The molecule has 35 heavy (non-hydrogen) atoms. The molecule has 10 heteroatoms. The zero-order chi connectivity index (χ0) is 24.4. The van der Waals surface area contributed by atoms with Gasteiger partial charge >= 0.3 is 0 Å². The van der Waals surface area contributed by atoms with Crippen LogP contribution in [0.15, 0.2) is 77.7 Å². The molecule has 0 aliphatic carbocycles. The van der Waals surface area contributed by atoms with E-state index < -0.39 is 10.0 Å². The number of aryl methyl sites for hydroxylation is 2. The van der Waals surface area contributed by atoms with E-state index in [-0.39, 0.29) is 10.0 Å². The standard InChI is InChI=1S/C25H22N6O2S2/c1-3-22-27-30-25(34-22)31-35(32,33)19-14-12-18(13-15-19)26-24-21-7-5-4-6-20(21)23(28-29-24)17-10-8-16(2)9-11-17/h4-15H,3H2,1-2H3,(H,26,29)(H,30,31). The summed E-state index contributed by atoms with van der Waals surface area (Å²) in [4.78, 5) is 0.127. The maximum absolute atomic E-state index is 12.7. The molecule has 5 rings (SSSR count). The van der Waals surface area contributed by atoms with Gasteiger partial charge in [-0.3, -0.25) is 4.72 Å². The van der Waals surface area contributed by atoms with Gasteiger partial charge < -0.3 is 5.32 Å². The third-order valence-corrected chi connectivity index (χ3v) is 7.90. The molecule has 0 aliphatic rings. The van der Waals surface area contributed by atoms with Crippen LogP contribution in [0, 0.1) is 6.92 Å². The van der Waals surface area contributed by atoms with Crippen molar-refractivity contribution in [1.29, 1.82) is 0 Å². The van der Waals surface area contributed by atoms with E-state index in [0.717, 1.165) is 27.0 Å². The molecule has 5 aromatic rings. The van der Waals surface area contributed by atoms with Crippen LogP contribution in [0.4, 0.5) is 16.6 Å². The maximum atomic E-state index is 12.7. The second-order valence-electron chi connectivity index (χ2n) is 7.92. The predicted octanol–water partition coefficient (Wildman–Crippen LogP) is 5.56. The van der Waals surface area contributed by atoms with Gasteiger partial charge in [-0.2, -0.15) is 0 Å². The van der Waals surface area contributed by atoms with E-state index in [1.165, 1.54) is 29.0 Å². The van der Waals surface area contributed by atoms with Gasteiger partial charge in [0.2, 0.25) is 5.13 Å². The van der Waals surface area contributed by atoms with Crippen LogP contribution in [-0.2, 0) is 16.4 Å².